The highest BCUT2D eigenvalue weighted by molar-refractivity contribution is 5.92. The van der Waals surface area contributed by atoms with E-state index in [2.05, 4.69) is 10.4 Å². The summed E-state index contributed by atoms with van der Waals surface area (Å²) < 4.78 is 6.66. The second-order valence-corrected chi connectivity index (χ2v) is 5.00. The minimum absolute atomic E-state index is 0.141. The summed E-state index contributed by atoms with van der Waals surface area (Å²) in [6, 6.07) is 18.5. The van der Waals surface area contributed by atoms with Gasteiger partial charge in [-0.25, -0.2) is 9.48 Å². The van der Waals surface area contributed by atoms with Gasteiger partial charge in [0.25, 0.3) is 0 Å². The lowest BCUT2D eigenvalue weighted by Gasteiger charge is -2.10. The quantitative estimate of drug-likeness (QED) is 0.731. The van der Waals surface area contributed by atoms with Crippen LogP contribution in [0, 0.1) is 0 Å². The number of anilines is 1. The van der Waals surface area contributed by atoms with Crippen LogP contribution in [0.2, 0.25) is 0 Å². The molecule has 6 nitrogen and oxygen atoms in total. The first-order valence-corrected chi connectivity index (χ1v) is 7.34. The van der Waals surface area contributed by atoms with Gasteiger partial charge in [0.2, 0.25) is 0 Å². The summed E-state index contributed by atoms with van der Waals surface area (Å²) >= 11 is 0. The Hall–Kier alpha value is -3.41. The fraction of sp³-hybridized carbons (Fsp3) is 0.0556. The number of carbonyl (C=O) groups excluding carboxylic acids is 2. The summed E-state index contributed by atoms with van der Waals surface area (Å²) in [6.45, 7) is 0.141. The summed E-state index contributed by atoms with van der Waals surface area (Å²) in [4.78, 5) is 23.2. The molecular weight excluding hydrogens is 306 g/mol. The molecule has 0 radical (unpaired) electrons. The molecule has 3 aromatic rings. The first-order chi connectivity index (χ1) is 11.8. The van der Waals surface area contributed by atoms with E-state index in [1.807, 2.05) is 60.7 Å². The molecule has 6 heteroatoms. The van der Waals surface area contributed by atoms with E-state index in [0.29, 0.717) is 6.29 Å². The molecule has 2 aromatic carbocycles. The van der Waals surface area contributed by atoms with Gasteiger partial charge in [-0.1, -0.05) is 48.5 Å². The predicted molar refractivity (Wildman–Crippen MR) is 89.2 cm³/mol. The number of nitrogens with zero attached hydrogens (tertiary/aromatic N) is 2. The number of hydrogen-bond donors (Lipinski definition) is 1. The maximum absolute atomic E-state index is 12.0. The lowest BCUT2D eigenvalue weighted by molar-refractivity contribution is 0.112. The number of aldehydes is 1. The third kappa shape index (κ3) is 3.49. The van der Waals surface area contributed by atoms with E-state index < -0.39 is 6.09 Å². The first kappa shape index (κ1) is 15.5. The first-order valence-electron chi connectivity index (χ1n) is 7.34. The van der Waals surface area contributed by atoms with E-state index in [-0.39, 0.29) is 18.0 Å². The highest BCUT2D eigenvalue weighted by Crippen LogP contribution is 2.19. The zero-order chi connectivity index (χ0) is 16.8. The third-order valence-corrected chi connectivity index (χ3v) is 3.36. The van der Waals surface area contributed by atoms with Crippen molar-refractivity contribution in [3.05, 3.63) is 78.0 Å². The highest BCUT2D eigenvalue weighted by atomic mass is 16.5. The van der Waals surface area contributed by atoms with Crippen molar-refractivity contribution in [3.63, 3.8) is 0 Å². The summed E-state index contributed by atoms with van der Waals surface area (Å²) in [6.07, 6.45) is 1.38. The molecule has 0 fully saturated rings. The summed E-state index contributed by atoms with van der Waals surface area (Å²) in [5.74, 6) is 0.272. The predicted octanol–water partition coefficient (Wildman–Crippen LogP) is 3.43. The minimum atomic E-state index is -0.653. The van der Waals surface area contributed by atoms with Crippen LogP contribution in [0.25, 0.3) is 5.69 Å². The Bertz CT molecular complexity index is 829. The van der Waals surface area contributed by atoms with Crippen molar-refractivity contribution in [1.82, 2.24) is 9.78 Å². The van der Waals surface area contributed by atoms with Gasteiger partial charge in [-0.15, -0.1) is 0 Å². The lowest BCUT2D eigenvalue weighted by Crippen LogP contribution is -2.17. The number of hydrogen-bond acceptors (Lipinski definition) is 4. The maximum Gasteiger partial charge on any atom is 0.413 e. The van der Waals surface area contributed by atoms with Crippen LogP contribution in [-0.2, 0) is 11.3 Å². The molecule has 0 spiro atoms. The molecule has 1 amide bonds. The SMILES string of the molecule is O=Cc1cnn(-c2ccccc2)c1NC(=O)OCc1ccccc1. The summed E-state index contributed by atoms with van der Waals surface area (Å²) in [7, 11) is 0. The van der Waals surface area contributed by atoms with Crippen molar-refractivity contribution in [2.75, 3.05) is 5.32 Å². The molecule has 0 atom stereocenters. The van der Waals surface area contributed by atoms with E-state index in [0.717, 1.165) is 11.3 Å². The molecule has 1 heterocycles. The van der Waals surface area contributed by atoms with Gasteiger partial charge in [0.1, 0.15) is 12.4 Å². The van der Waals surface area contributed by atoms with Crippen LogP contribution >= 0.6 is 0 Å². The number of benzene rings is 2. The standard InChI is InChI=1S/C18H15N3O3/c22-12-15-11-19-21(16-9-5-2-6-10-16)17(15)20-18(23)24-13-14-7-3-1-4-8-14/h1-12H,13H2,(H,20,23). The van der Waals surface area contributed by atoms with Crippen LogP contribution in [-0.4, -0.2) is 22.2 Å². The van der Waals surface area contributed by atoms with Gasteiger partial charge in [-0.2, -0.15) is 5.10 Å². The van der Waals surface area contributed by atoms with Gasteiger partial charge in [0, 0.05) is 0 Å². The molecule has 24 heavy (non-hydrogen) atoms. The Morgan fingerprint density at radius 2 is 1.75 bits per heavy atom. The number of rotatable bonds is 5. The fourth-order valence-electron chi connectivity index (χ4n) is 2.19. The van der Waals surface area contributed by atoms with Crippen LogP contribution < -0.4 is 5.32 Å². The fourth-order valence-corrected chi connectivity index (χ4v) is 2.19. The number of para-hydroxylation sites is 1. The minimum Gasteiger partial charge on any atom is -0.444 e. The zero-order valence-electron chi connectivity index (χ0n) is 12.8. The van der Waals surface area contributed by atoms with E-state index >= 15 is 0 Å². The largest absolute Gasteiger partial charge is 0.444 e. The average molecular weight is 321 g/mol. The second-order valence-electron chi connectivity index (χ2n) is 5.00. The van der Waals surface area contributed by atoms with E-state index in [9.17, 15) is 9.59 Å². The van der Waals surface area contributed by atoms with Crippen molar-refractivity contribution < 1.29 is 14.3 Å². The number of ether oxygens (including phenoxy) is 1. The molecule has 0 bridgehead atoms. The van der Waals surface area contributed by atoms with Crippen LogP contribution in [0.5, 0.6) is 0 Å². The molecule has 120 valence electrons. The molecule has 0 unspecified atom stereocenters. The van der Waals surface area contributed by atoms with Gasteiger partial charge in [-0.05, 0) is 17.7 Å². The second kappa shape index (κ2) is 7.23. The molecular formula is C18H15N3O3. The Kier molecular flexibility index (Phi) is 4.67. The number of amides is 1. The summed E-state index contributed by atoms with van der Waals surface area (Å²) in [5.41, 5.74) is 1.87. The van der Waals surface area contributed by atoms with E-state index in [1.54, 1.807) is 0 Å². The highest BCUT2D eigenvalue weighted by Gasteiger charge is 2.15. The van der Waals surface area contributed by atoms with Gasteiger partial charge in [-0.3, -0.25) is 10.1 Å². The molecule has 3 rings (SSSR count). The third-order valence-electron chi connectivity index (χ3n) is 3.36. The van der Waals surface area contributed by atoms with Crippen molar-refractivity contribution in [1.29, 1.82) is 0 Å². The molecule has 1 aromatic heterocycles. The van der Waals surface area contributed by atoms with Crippen molar-refractivity contribution >= 4 is 18.2 Å². The molecule has 0 aliphatic heterocycles. The Morgan fingerprint density at radius 1 is 1.08 bits per heavy atom. The van der Waals surface area contributed by atoms with Gasteiger partial charge in [0.15, 0.2) is 6.29 Å². The summed E-state index contributed by atoms with van der Waals surface area (Å²) in [5, 5.41) is 6.73. The van der Waals surface area contributed by atoms with Gasteiger partial charge >= 0.3 is 6.09 Å². The lowest BCUT2D eigenvalue weighted by atomic mass is 10.2. The molecule has 0 saturated carbocycles. The Balaban J connectivity index is 1.75. The van der Waals surface area contributed by atoms with Crippen molar-refractivity contribution in [2.45, 2.75) is 6.61 Å². The smallest absolute Gasteiger partial charge is 0.413 e. The number of aromatic nitrogens is 2. The normalized spacial score (nSPS) is 10.2. The van der Waals surface area contributed by atoms with Gasteiger partial charge < -0.3 is 4.74 Å². The molecule has 0 aliphatic carbocycles. The number of carbonyl (C=O) groups is 2. The monoisotopic (exact) mass is 321 g/mol. The Labute approximate surface area is 138 Å². The van der Waals surface area contributed by atoms with E-state index in [4.69, 9.17) is 4.74 Å². The Morgan fingerprint density at radius 3 is 2.42 bits per heavy atom. The molecule has 0 aliphatic rings. The van der Waals surface area contributed by atoms with Crippen LogP contribution in [0.15, 0.2) is 66.9 Å². The van der Waals surface area contributed by atoms with Crippen LogP contribution in [0.3, 0.4) is 0 Å². The topological polar surface area (TPSA) is 73.2 Å². The molecule has 0 saturated heterocycles. The number of nitrogens with one attached hydrogen (secondary N) is 1. The maximum atomic E-state index is 12.0. The van der Waals surface area contributed by atoms with Crippen LogP contribution in [0.4, 0.5) is 10.6 Å². The zero-order valence-corrected chi connectivity index (χ0v) is 12.8. The van der Waals surface area contributed by atoms with Crippen molar-refractivity contribution in [2.24, 2.45) is 0 Å². The van der Waals surface area contributed by atoms with Crippen LogP contribution in [0.1, 0.15) is 15.9 Å². The molecule has 1 N–H and O–H groups in total. The van der Waals surface area contributed by atoms with Gasteiger partial charge in [0.05, 0.1) is 17.4 Å². The van der Waals surface area contributed by atoms with Crippen molar-refractivity contribution in [3.8, 4) is 5.69 Å². The average Bonchev–Trinajstić information content (AvgIpc) is 3.04. The van der Waals surface area contributed by atoms with E-state index in [1.165, 1.54) is 10.9 Å².